The van der Waals surface area contributed by atoms with Crippen LogP contribution in [-0.4, -0.2) is 55.8 Å². The first-order valence-electron chi connectivity index (χ1n) is 9.58. The van der Waals surface area contributed by atoms with Gasteiger partial charge < -0.3 is 20.3 Å². The van der Waals surface area contributed by atoms with Crippen molar-refractivity contribution >= 4 is 23.5 Å². The van der Waals surface area contributed by atoms with Crippen molar-refractivity contribution in [3.05, 3.63) is 24.3 Å². The summed E-state index contributed by atoms with van der Waals surface area (Å²) in [6.07, 6.45) is -3.96. The Morgan fingerprint density at radius 3 is 2.50 bits per heavy atom. The van der Waals surface area contributed by atoms with Crippen molar-refractivity contribution in [1.29, 1.82) is 0 Å². The zero-order valence-corrected chi connectivity index (χ0v) is 16.7. The predicted molar refractivity (Wildman–Crippen MR) is 103 cm³/mol. The molecule has 30 heavy (non-hydrogen) atoms. The second kappa shape index (κ2) is 10.2. The van der Waals surface area contributed by atoms with Gasteiger partial charge in [0.15, 0.2) is 6.10 Å². The van der Waals surface area contributed by atoms with Crippen LogP contribution in [0.15, 0.2) is 24.3 Å². The molecule has 2 rings (SSSR count). The molecule has 1 aliphatic rings. The van der Waals surface area contributed by atoms with Crippen LogP contribution in [0.25, 0.3) is 0 Å². The van der Waals surface area contributed by atoms with Gasteiger partial charge in [-0.15, -0.1) is 0 Å². The molecule has 1 aromatic carbocycles. The first kappa shape index (κ1) is 23.3. The van der Waals surface area contributed by atoms with Gasteiger partial charge in [-0.05, 0) is 25.0 Å². The van der Waals surface area contributed by atoms with Crippen LogP contribution < -0.4 is 25.6 Å². The molecule has 0 spiro atoms. The third-order valence-corrected chi connectivity index (χ3v) is 4.52. The molecule has 1 atom stereocenters. The molecule has 4 amide bonds. The number of ether oxygens (including phenoxy) is 1. The molecule has 1 aliphatic heterocycles. The smallest absolute Gasteiger partial charge is 0.405 e. The summed E-state index contributed by atoms with van der Waals surface area (Å²) in [5, 5.41) is 6.31. The van der Waals surface area contributed by atoms with Crippen LogP contribution in [-0.2, 0) is 9.59 Å². The molecule has 0 saturated heterocycles. The second-order valence-electron chi connectivity index (χ2n) is 6.82. The number of nitrogens with one attached hydrogen (secondary N) is 3. The van der Waals surface area contributed by atoms with Crippen molar-refractivity contribution in [3.63, 3.8) is 0 Å². The molecule has 0 aliphatic carbocycles. The van der Waals surface area contributed by atoms with Crippen molar-refractivity contribution < 1.29 is 32.3 Å². The maximum Gasteiger partial charge on any atom is 0.405 e. The van der Waals surface area contributed by atoms with E-state index in [4.69, 9.17) is 4.74 Å². The molecule has 0 radical (unpaired) electrons. The highest BCUT2D eigenvalue weighted by atomic mass is 19.4. The van der Waals surface area contributed by atoms with Crippen molar-refractivity contribution in [2.24, 2.45) is 0 Å². The topological polar surface area (TPSA) is 99.8 Å². The number of benzene rings is 1. The van der Waals surface area contributed by atoms with Gasteiger partial charge in [-0.25, -0.2) is 4.79 Å². The Kier molecular flexibility index (Phi) is 7.90. The minimum absolute atomic E-state index is 0.00709. The highest BCUT2D eigenvalue weighted by Gasteiger charge is 2.33. The quantitative estimate of drug-likeness (QED) is 0.614. The van der Waals surface area contributed by atoms with Crippen LogP contribution in [0.4, 0.5) is 23.7 Å². The molecule has 11 heteroatoms. The number of anilines is 1. The van der Waals surface area contributed by atoms with Gasteiger partial charge in [-0.2, -0.15) is 13.2 Å². The van der Waals surface area contributed by atoms with Gasteiger partial charge in [0.1, 0.15) is 12.3 Å². The van der Waals surface area contributed by atoms with E-state index in [2.05, 4.69) is 5.32 Å². The summed E-state index contributed by atoms with van der Waals surface area (Å²) in [7, 11) is 0. The normalized spacial score (nSPS) is 15.8. The zero-order valence-electron chi connectivity index (χ0n) is 16.7. The Labute approximate surface area is 172 Å². The van der Waals surface area contributed by atoms with E-state index in [9.17, 15) is 27.6 Å². The van der Waals surface area contributed by atoms with Gasteiger partial charge in [0, 0.05) is 6.04 Å². The average molecular weight is 430 g/mol. The number of carbonyl (C=O) groups is 3. The highest BCUT2D eigenvalue weighted by Crippen LogP contribution is 2.32. The van der Waals surface area contributed by atoms with Crippen molar-refractivity contribution in [3.8, 4) is 5.75 Å². The number of urea groups is 1. The molecule has 166 valence electrons. The summed E-state index contributed by atoms with van der Waals surface area (Å²) in [5.74, 6) is -0.750. The molecule has 3 N–H and O–H groups in total. The Bertz CT molecular complexity index is 768. The Morgan fingerprint density at radius 2 is 1.87 bits per heavy atom. The van der Waals surface area contributed by atoms with Crippen molar-refractivity contribution in [1.82, 2.24) is 16.0 Å². The number of rotatable bonds is 7. The van der Waals surface area contributed by atoms with Crippen molar-refractivity contribution in [2.45, 2.75) is 45.0 Å². The Balaban J connectivity index is 2.04. The molecular weight excluding hydrogens is 405 g/mol. The van der Waals surface area contributed by atoms with Gasteiger partial charge in [-0.3, -0.25) is 14.9 Å². The number of fused-ring (bicyclic) bond motifs is 1. The van der Waals surface area contributed by atoms with Crippen LogP contribution in [0, 0.1) is 0 Å². The van der Waals surface area contributed by atoms with E-state index >= 15 is 0 Å². The highest BCUT2D eigenvalue weighted by molar-refractivity contribution is 5.97. The lowest BCUT2D eigenvalue weighted by atomic mass is 10.1. The van der Waals surface area contributed by atoms with E-state index in [1.165, 1.54) is 0 Å². The van der Waals surface area contributed by atoms with E-state index < -0.39 is 30.8 Å². The molecule has 0 saturated carbocycles. The van der Waals surface area contributed by atoms with Crippen LogP contribution in [0.5, 0.6) is 5.75 Å². The number of para-hydroxylation sites is 2. The van der Waals surface area contributed by atoms with Gasteiger partial charge in [0.25, 0.3) is 5.91 Å². The number of halogens is 3. The summed E-state index contributed by atoms with van der Waals surface area (Å²) in [5.41, 5.74) is 0.537. The average Bonchev–Trinajstić information content (AvgIpc) is 2.69. The van der Waals surface area contributed by atoms with Crippen LogP contribution in [0.2, 0.25) is 0 Å². The largest absolute Gasteiger partial charge is 0.477 e. The number of hydrogen-bond acceptors (Lipinski definition) is 5. The lowest BCUT2D eigenvalue weighted by Gasteiger charge is -2.35. The van der Waals surface area contributed by atoms with Gasteiger partial charge >= 0.3 is 12.2 Å². The number of amides is 4. The number of carbonyl (C=O) groups excluding carboxylic acids is 3. The van der Waals surface area contributed by atoms with E-state index in [1.807, 2.05) is 19.2 Å². The second-order valence-corrected chi connectivity index (χ2v) is 6.82. The number of hydrogen-bond donors (Lipinski definition) is 3. The van der Waals surface area contributed by atoms with Gasteiger partial charge in [0.2, 0.25) is 5.91 Å². The van der Waals surface area contributed by atoms with Gasteiger partial charge in [-0.1, -0.05) is 26.0 Å². The fraction of sp³-hybridized carbons (Fsp3) is 0.526. The number of imide groups is 1. The maximum atomic E-state index is 12.6. The first-order chi connectivity index (χ1) is 14.1. The molecular formula is C19H25F3N4O4. The molecule has 8 nitrogen and oxygen atoms in total. The van der Waals surface area contributed by atoms with E-state index in [0.717, 1.165) is 12.8 Å². The predicted octanol–water partition coefficient (Wildman–Crippen LogP) is 1.95. The third kappa shape index (κ3) is 6.82. The number of nitrogens with zero attached hydrogens (tertiary/aromatic N) is 1. The fourth-order valence-electron chi connectivity index (χ4n) is 2.94. The van der Waals surface area contributed by atoms with Gasteiger partial charge in [0.05, 0.1) is 18.8 Å². The molecule has 1 heterocycles. The summed E-state index contributed by atoms with van der Waals surface area (Å²) in [6.45, 7) is 2.05. The van der Waals surface area contributed by atoms with E-state index in [1.54, 1.807) is 34.5 Å². The first-order valence-corrected chi connectivity index (χ1v) is 9.58. The summed E-state index contributed by atoms with van der Waals surface area (Å²) in [6, 6.07) is 5.50. The fourth-order valence-corrected chi connectivity index (χ4v) is 2.94. The maximum absolute atomic E-state index is 12.6. The van der Waals surface area contributed by atoms with Crippen LogP contribution >= 0.6 is 0 Å². The summed E-state index contributed by atoms with van der Waals surface area (Å²) < 4.78 is 42.3. The molecule has 0 aromatic heterocycles. The monoisotopic (exact) mass is 430 g/mol. The summed E-state index contributed by atoms with van der Waals surface area (Å²) in [4.78, 5) is 37.8. The SMILES string of the molecule is CCC(CC)NC(=O)C1CN(CC(=O)NC(=O)NCC(F)(F)F)c2ccccc2O1. The molecule has 0 fully saturated rings. The minimum Gasteiger partial charge on any atom is -0.477 e. The zero-order chi connectivity index (χ0) is 22.3. The van der Waals surface area contributed by atoms with E-state index in [-0.39, 0.29) is 25.0 Å². The molecule has 0 bridgehead atoms. The van der Waals surface area contributed by atoms with E-state index in [0.29, 0.717) is 11.4 Å². The molecule has 1 unspecified atom stereocenters. The van der Waals surface area contributed by atoms with Crippen LogP contribution in [0.3, 0.4) is 0 Å². The standard InChI is InChI=1S/C19H25F3N4O4/c1-3-12(4-2)24-17(28)15-9-26(13-7-5-6-8-14(13)30-15)10-16(27)25-18(29)23-11-19(20,21)22/h5-8,12,15H,3-4,9-11H2,1-2H3,(H,24,28)(H2,23,25,27,29). The Hall–Kier alpha value is -2.98. The third-order valence-electron chi connectivity index (χ3n) is 4.52. The molecule has 1 aromatic rings. The van der Waals surface area contributed by atoms with Crippen molar-refractivity contribution in [2.75, 3.05) is 24.5 Å². The lowest BCUT2D eigenvalue weighted by Crippen LogP contribution is -2.53. The minimum atomic E-state index is -4.58. The summed E-state index contributed by atoms with van der Waals surface area (Å²) >= 11 is 0. The van der Waals surface area contributed by atoms with Crippen LogP contribution in [0.1, 0.15) is 26.7 Å². The number of alkyl halides is 3. The lowest BCUT2D eigenvalue weighted by molar-refractivity contribution is -0.129. The Morgan fingerprint density at radius 1 is 1.20 bits per heavy atom.